The van der Waals surface area contributed by atoms with Crippen LogP contribution in [0.25, 0.3) is 0 Å². The summed E-state index contributed by atoms with van der Waals surface area (Å²) in [6.07, 6.45) is 3.57. The van der Waals surface area contributed by atoms with Crippen molar-refractivity contribution in [3.8, 4) is 0 Å². The van der Waals surface area contributed by atoms with E-state index in [4.69, 9.17) is 0 Å². The van der Waals surface area contributed by atoms with Gasteiger partial charge in [0.15, 0.2) is 0 Å². The van der Waals surface area contributed by atoms with E-state index in [9.17, 15) is 8.42 Å². The van der Waals surface area contributed by atoms with Crippen LogP contribution in [0.3, 0.4) is 0 Å². The molecule has 0 aliphatic carbocycles. The van der Waals surface area contributed by atoms with Gasteiger partial charge >= 0.3 is 0 Å². The molecule has 0 unspecified atom stereocenters. The molecule has 1 N–H and O–H groups in total. The van der Waals surface area contributed by atoms with Crippen LogP contribution >= 0.6 is 0 Å². The molecule has 1 aliphatic rings. The molecule has 3 rings (SSSR count). The molecule has 1 aromatic heterocycles. The molecule has 0 spiro atoms. The highest BCUT2D eigenvalue weighted by molar-refractivity contribution is 7.89. The van der Waals surface area contributed by atoms with Crippen LogP contribution in [0.4, 0.5) is 0 Å². The average molecular weight is 389 g/mol. The fourth-order valence-corrected chi connectivity index (χ4v) is 4.45. The molecule has 1 atom stereocenters. The number of nitrogens with one attached hydrogen (secondary N) is 1. The van der Waals surface area contributed by atoms with Crippen LogP contribution in [0.15, 0.2) is 53.7 Å². The highest BCUT2D eigenvalue weighted by atomic mass is 32.2. The molecule has 0 bridgehead atoms. The Morgan fingerprint density at radius 1 is 1.11 bits per heavy atom. The molecule has 1 aromatic carbocycles. The second-order valence-electron chi connectivity index (χ2n) is 6.94. The van der Waals surface area contributed by atoms with Crippen LogP contribution in [-0.4, -0.2) is 62.5 Å². The van der Waals surface area contributed by atoms with Crippen molar-refractivity contribution in [3.05, 3.63) is 59.9 Å². The summed E-state index contributed by atoms with van der Waals surface area (Å²) in [4.78, 5) is 9.29. The van der Waals surface area contributed by atoms with E-state index in [-0.39, 0.29) is 6.04 Å². The molecule has 7 heteroatoms. The van der Waals surface area contributed by atoms with Crippen molar-refractivity contribution < 1.29 is 8.42 Å². The van der Waals surface area contributed by atoms with Gasteiger partial charge in [-0.05, 0) is 37.2 Å². The zero-order valence-electron chi connectivity index (χ0n) is 16.0. The van der Waals surface area contributed by atoms with Crippen molar-refractivity contribution in [2.75, 3.05) is 39.3 Å². The fraction of sp³-hybridized carbons (Fsp3) is 0.450. The summed E-state index contributed by atoms with van der Waals surface area (Å²) in [6, 6.07) is 10.8. The summed E-state index contributed by atoms with van der Waals surface area (Å²) < 4.78 is 28.2. The first-order valence-corrected chi connectivity index (χ1v) is 10.9. The molecule has 6 nitrogen and oxygen atoms in total. The SMILES string of the molecule is CCN1CCN([C@@H](CNS(=O)(=O)c2ccc(C)cc2)c2cccnc2)CC1. The molecule has 1 aliphatic heterocycles. The van der Waals surface area contributed by atoms with Crippen molar-refractivity contribution in [1.29, 1.82) is 0 Å². The average Bonchev–Trinajstić information content (AvgIpc) is 2.70. The molecular formula is C20H28N4O2S. The molecule has 146 valence electrons. The van der Waals surface area contributed by atoms with E-state index in [1.54, 1.807) is 18.3 Å². The Kier molecular flexibility index (Phi) is 6.59. The number of pyridine rings is 1. The van der Waals surface area contributed by atoms with Gasteiger partial charge < -0.3 is 4.90 Å². The van der Waals surface area contributed by atoms with Gasteiger partial charge in [0.05, 0.1) is 4.90 Å². The minimum atomic E-state index is -3.54. The fourth-order valence-electron chi connectivity index (χ4n) is 3.41. The molecular weight excluding hydrogens is 360 g/mol. The molecule has 0 radical (unpaired) electrons. The number of sulfonamides is 1. The first kappa shape index (κ1) is 19.9. The van der Waals surface area contributed by atoms with Gasteiger partial charge in [0, 0.05) is 51.2 Å². The number of nitrogens with zero attached hydrogens (tertiary/aromatic N) is 3. The minimum absolute atomic E-state index is 0.0297. The van der Waals surface area contributed by atoms with E-state index < -0.39 is 10.0 Å². The highest BCUT2D eigenvalue weighted by Gasteiger charge is 2.26. The molecule has 2 heterocycles. The van der Waals surface area contributed by atoms with Gasteiger partial charge in [-0.3, -0.25) is 9.88 Å². The Morgan fingerprint density at radius 3 is 2.41 bits per heavy atom. The molecule has 1 fully saturated rings. The van der Waals surface area contributed by atoms with Crippen LogP contribution < -0.4 is 4.72 Å². The second-order valence-corrected chi connectivity index (χ2v) is 8.70. The Balaban J connectivity index is 1.75. The lowest BCUT2D eigenvalue weighted by atomic mass is 10.1. The number of rotatable bonds is 7. The lowest BCUT2D eigenvalue weighted by molar-refractivity contribution is 0.100. The zero-order chi connectivity index (χ0) is 19.3. The Morgan fingerprint density at radius 2 is 1.81 bits per heavy atom. The predicted molar refractivity (Wildman–Crippen MR) is 107 cm³/mol. The quantitative estimate of drug-likeness (QED) is 0.786. The number of aryl methyl sites for hydroxylation is 1. The predicted octanol–water partition coefficient (Wildman–Crippen LogP) is 2.05. The Labute approximate surface area is 162 Å². The van der Waals surface area contributed by atoms with Gasteiger partial charge in [0.25, 0.3) is 0 Å². The third-order valence-electron chi connectivity index (χ3n) is 5.16. The molecule has 27 heavy (non-hydrogen) atoms. The largest absolute Gasteiger partial charge is 0.301 e. The van der Waals surface area contributed by atoms with Crippen LogP contribution in [0.1, 0.15) is 24.1 Å². The third-order valence-corrected chi connectivity index (χ3v) is 6.60. The van der Waals surface area contributed by atoms with E-state index in [0.29, 0.717) is 11.4 Å². The second kappa shape index (κ2) is 8.93. The number of hydrogen-bond acceptors (Lipinski definition) is 5. The standard InChI is InChI=1S/C20H28N4O2S/c1-3-23-11-13-24(14-12-23)20(18-5-4-10-21-15-18)16-22-27(25,26)19-8-6-17(2)7-9-19/h4-10,15,20,22H,3,11-14,16H2,1-2H3/t20-/m0/s1. The van der Waals surface area contributed by atoms with Gasteiger partial charge in [-0.2, -0.15) is 0 Å². The van der Waals surface area contributed by atoms with Crippen LogP contribution in [0.2, 0.25) is 0 Å². The van der Waals surface area contributed by atoms with Crippen LogP contribution in [0, 0.1) is 6.92 Å². The molecule has 2 aromatic rings. The van der Waals surface area contributed by atoms with Crippen molar-refractivity contribution in [2.24, 2.45) is 0 Å². The van der Waals surface area contributed by atoms with Crippen molar-refractivity contribution in [3.63, 3.8) is 0 Å². The lowest BCUT2D eigenvalue weighted by Gasteiger charge is -2.39. The topological polar surface area (TPSA) is 65.5 Å². The van der Waals surface area contributed by atoms with Gasteiger partial charge in [0.2, 0.25) is 10.0 Å². The van der Waals surface area contributed by atoms with Gasteiger partial charge in [0.1, 0.15) is 0 Å². The summed E-state index contributed by atoms with van der Waals surface area (Å²) in [5, 5.41) is 0. The lowest BCUT2D eigenvalue weighted by Crippen LogP contribution is -2.49. The zero-order valence-corrected chi connectivity index (χ0v) is 16.8. The number of aromatic nitrogens is 1. The van der Waals surface area contributed by atoms with Gasteiger partial charge in [-0.25, -0.2) is 13.1 Å². The summed E-state index contributed by atoms with van der Waals surface area (Å²) in [7, 11) is -3.54. The highest BCUT2D eigenvalue weighted by Crippen LogP contribution is 2.22. The van der Waals surface area contributed by atoms with E-state index in [2.05, 4.69) is 26.4 Å². The van der Waals surface area contributed by atoms with Gasteiger partial charge in [-0.1, -0.05) is 30.7 Å². The smallest absolute Gasteiger partial charge is 0.240 e. The van der Waals surface area contributed by atoms with Crippen LogP contribution in [-0.2, 0) is 10.0 Å². The Hall–Kier alpha value is -1.80. The van der Waals surface area contributed by atoms with Gasteiger partial charge in [-0.15, -0.1) is 0 Å². The third kappa shape index (κ3) is 5.13. The Bertz CT molecular complexity index is 817. The maximum atomic E-state index is 12.7. The first-order chi connectivity index (χ1) is 13.0. The molecule has 0 amide bonds. The molecule has 1 saturated heterocycles. The monoisotopic (exact) mass is 388 g/mol. The van der Waals surface area contributed by atoms with E-state index in [1.807, 2.05) is 37.4 Å². The summed E-state index contributed by atoms with van der Waals surface area (Å²) >= 11 is 0. The normalized spacial score (nSPS) is 17.7. The number of likely N-dealkylation sites (N-methyl/N-ethyl adjacent to an activating group) is 1. The van der Waals surface area contributed by atoms with E-state index >= 15 is 0 Å². The van der Waals surface area contributed by atoms with Crippen LogP contribution in [0.5, 0.6) is 0 Å². The van der Waals surface area contributed by atoms with E-state index in [1.165, 1.54) is 0 Å². The first-order valence-electron chi connectivity index (χ1n) is 9.42. The minimum Gasteiger partial charge on any atom is -0.301 e. The molecule has 0 saturated carbocycles. The van der Waals surface area contributed by atoms with E-state index in [0.717, 1.165) is 43.9 Å². The maximum absolute atomic E-state index is 12.7. The summed E-state index contributed by atoms with van der Waals surface area (Å²) in [5.74, 6) is 0. The van der Waals surface area contributed by atoms with Crippen molar-refractivity contribution >= 4 is 10.0 Å². The van der Waals surface area contributed by atoms with Crippen molar-refractivity contribution in [1.82, 2.24) is 19.5 Å². The summed E-state index contributed by atoms with van der Waals surface area (Å²) in [5.41, 5.74) is 2.07. The van der Waals surface area contributed by atoms with Crippen molar-refractivity contribution in [2.45, 2.75) is 24.8 Å². The summed E-state index contributed by atoms with van der Waals surface area (Å²) in [6.45, 7) is 9.32. The maximum Gasteiger partial charge on any atom is 0.240 e. The number of hydrogen-bond donors (Lipinski definition) is 1. The number of benzene rings is 1. The number of piperazine rings is 1.